The van der Waals surface area contributed by atoms with E-state index in [-0.39, 0.29) is 23.6 Å². The van der Waals surface area contributed by atoms with E-state index in [9.17, 15) is 23.6 Å². The molecule has 0 aliphatic heterocycles. The SMILES string of the molecule is Cc1ccc(-c2cn3cc(F)cnc3n2)cc1NC(=O)c1ccccc1Cl.Cc1cnc2nc(-c3ccc(C)c(NC(=O)c4ccccc4Cl)c3)cn2c1.Cc1cnc2nc(-c3ccc(C)c(NC(=O)c4ccccc4Cl)c3)cn2c1.Cc1cnc2nc(-c3ccc(Cl)c(NC(=O)c4ccccc4Cl)c3)cn2c1. The van der Waals surface area contributed by atoms with Gasteiger partial charge in [0.25, 0.3) is 23.6 Å². The van der Waals surface area contributed by atoms with Crippen LogP contribution in [-0.4, -0.2) is 81.1 Å². The van der Waals surface area contributed by atoms with E-state index in [0.717, 1.165) is 90.3 Å². The van der Waals surface area contributed by atoms with Crippen LogP contribution in [0.3, 0.4) is 0 Å². The number of hydrogen-bond donors (Lipinski definition) is 4. The molecule has 20 nitrogen and oxygen atoms in total. The molecule has 0 fully saturated rings. The fourth-order valence-corrected chi connectivity index (χ4v) is 12.3. The fourth-order valence-electron chi connectivity index (χ4n) is 11.2. The Balaban J connectivity index is 0.000000127. The second kappa shape index (κ2) is 32.5. The Morgan fingerprint density at radius 1 is 0.306 bits per heavy atom. The minimum absolute atomic E-state index is 0.242. The normalized spacial score (nSPS) is 10.9. The van der Waals surface area contributed by atoms with Crippen molar-refractivity contribution in [2.24, 2.45) is 0 Å². The van der Waals surface area contributed by atoms with Crippen molar-refractivity contribution in [1.82, 2.24) is 57.5 Å². The summed E-state index contributed by atoms with van der Waals surface area (Å²) >= 11 is 30.7. The molecule has 26 heteroatoms. The van der Waals surface area contributed by atoms with Crippen molar-refractivity contribution >= 4 is 127 Å². The van der Waals surface area contributed by atoms with E-state index in [0.29, 0.717) is 87.5 Å². The molecule has 16 aromatic rings. The first kappa shape index (κ1) is 73.8. The highest BCUT2D eigenvalue weighted by atomic mass is 35.5. The van der Waals surface area contributed by atoms with Gasteiger partial charge in [-0.05, 0) is 154 Å². The monoisotopic (exact) mass is 1530 g/mol. The van der Waals surface area contributed by atoms with Crippen LogP contribution >= 0.6 is 58.0 Å². The third kappa shape index (κ3) is 17.2. The van der Waals surface area contributed by atoms with Crippen molar-refractivity contribution in [2.75, 3.05) is 21.3 Å². The predicted molar refractivity (Wildman–Crippen MR) is 425 cm³/mol. The van der Waals surface area contributed by atoms with Gasteiger partial charge in [0.1, 0.15) is 0 Å². The second-order valence-electron chi connectivity index (χ2n) is 25.0. The molecule has 0 aliphatic carbocycles. The van der Waals surface area contributed by atoms with Crippen LogP contribution < -0.4 is 21.3 Å². The van der Waals surface area contributed by atoms with Gasteiger partial charge in [-0.1, -0.05) is 149 Å². The third-order valence-electron chi connectivity index (χ3n) is 16.9. The molecule has 16 rings (SSSR count). The quantitative estimate of drug-likeness (QED) is 0.0894. The molecule has 0 radical (unpaired) electrons. The van der Waals surface area contributed by atoms with Gasteiger partial charge >= 0.3 is 0 Å². The molecule has 8 aromatic heterocycles. The highest BCUT2D eigenvalue weighted by Crippen LogP contribution is 2.33. The Morgan fingerprint density at radius 3 is 0.870 bits per heavy atom. The zero-order valence-corrected chi connectivity index (χ0v) is 62.1. The molecule has 4 N–H and O–H groups in total. The average molecular weight is 1530 g/mol. The first-order chi connectivity index (χ1) is 52.0. The van der Waals surface area contributed by atoms with E-state index >= 15 is 0 Å². The number of aromatic nitrogens is 12. The number of imidazole rings is 4. The summed E-state index contributed by atoms with van der Waals surface area (Å²) in [6.07, 6.45) is 21.1. The average Bonchev–Trinajstić information content (AvgIpc) is 1.68. The lowest BCUT2D eigenvalue weighted by molar-refractivity contribution is 0.101. The lowest BCUT2D eigenvalue weighted by Gasteiger charge is -2.11. The van der Waals surface area contributed by atoms with Crippen molar-refractivity contribution in [3.05, 3.63) is 331 Å². The second-order valence-corrected chi connectivity index (χ2v) is 27.1. The van der Waals surface area contributed by atoms with Crippen LogP contribution in [0.1, 0.15) is 74.8 Å². The molecular weight excluding hydrogens is 1470 g/mol. The van der Waals surface area contributed by atoms with Crippen molar-refractivity contribution in [3.8, 4) is 45.0 Å². The number of benzene rings is 8. The van der Waals surface area contributed by atoms with Gasteiger partial charge in [0.2, 0.25) is 23.1 Å². The summed E-state index contributed by atoms with van der Waals surface area (Å²) < 4.78 is 20.5. The van der Waals surface area contributed by atoms with Gasteiger partial charge in [-0.3, -0.25) is 36.8 Å². The molecular formula is C82H62Cl5FN16O4. The van der Waals surface area contributed by atoms with Gasteiger partial charge in [-0.25, -0.2) is 44.3 Å². The standard InChI is InChI=1S/2C21H17ClN4O.C20H14Cl2N4O.C20H14ClFN4O/c2*1-13-10-23-21-25-19(12-26(21)11-13)15-8-7-14(2)18(9-15)24-20(27)16-5-3-4-6-17(16)22;1-12-9-23-20-25-18(11-26(20)10-12)13-6-7-16(22)17(8-13)24-19(27)14-4-2-3-5-15(14)21;1-12-6-7-13(18-11-26-10-14(22)9-23-20(26)25-18)8-17(12)24-19(27)15-4-2-3-5-16(15)21/h2*3-12H,1-2H3,(H,24,27);2*2-11H,1H3,(H,24,27). The van der Waals surface area contributed by atoms with E-state index in [1.807, 2.05) is 153 Å². The maximum Gasteiger partial charge on any atom is 0.257 e. The van der Waals surface area contributed by atoms with Crippen LogP contribution in [0.15, 0.2) is 244 Å². The molecule has 4 amide bonds. The Bertz CT molecular complexity index is 5420. The Morgan fingerprint density at radius 2 is 0.565 bits per heavy atom. The maximum atomic E-state index is 13.3. The molecule has 108 heavy (non-hydrogen) atoms. The number of amides is 4. The van der Waals surface area contributed by atoms with Crippen LogP contribution in [0.5, 0.6) is 0 Å². The number of fused-ring (bicyclic) bond motifs is 4. The minimum Gasteiger partial charge on any atom is -0.322 e. The van der Waals surface area contributed by atoms with Crippen LogP contribution in [-0.2, 0) is 0 Å². The van der Waals surface area contributed by atoms with Crippen molar-refractivity contribution in [2.45, 2.75) is 41.5 Å². The first-order valence-corrected chi connectivity index (χ1v) is 35.2. The van der Waals surface area contributed by atoms with Gasteiger partial charge in [0.05, 0.1) is 82.0 Å². The minimum atomic E-state index is -0.442. The summed E-state index contributed by atoms with van der Waals surface area (Å²) in [5, 5.41) is 13.6. The molecule has 0 spiro atoms. The molecule has 0 bridgehead atoms. The highest BCUT2D eigenvalue weighted by Gasteiger charge is 2.19. The number of nitrogens with one attached hydrogen (secondary N) is 4. The summed E-state index contributed by atoms with van der Waals surface area (Å²) in [5.74, 6) is 0.729. The van der Waals surface area contributed by atoms with Crippen LogP contribution in [0.2, 0.25) is 25.1 Å². The van der Waals surface area contributed by atoms with E-state index < -0.39 is 5.82 Å². The molecule has 0 aliphatic rings. The number of aryl methyl sites for hydroxylation is 6. The number of rotatable bonds is 12. The summed E-state index contributed by atoms with van der Waals surface area (Å²) in [6.45, 7) is 11.7. The van der Waals surface area contributed by atoms with Gasteiger partial charge in [0, 0.05) is 107 Å². The Hall–Kier alpha value is -12.5. The van der Waals surface area contributed by atoms with Crippen LogP contribution in [0, 0.1) is 47.4 Å². The third-order valence-corrected chi connectivity index (χ3v) is 18.6. The predicted octanol–water partition coefficient (Wildman–Crippen LogP) is 19.9. The molecule has 0 unspecified atom stereocenters. The topological polar surface area (TPSA) is 237 Å². The summed E-state index contributed by atoms with van der Waals surface area (Å²) in [6, 6.07) is 50.3. The zero-order chi connectivity index (χ0) is 75.9. The summed E-state index contributed by atoms with van der Waals surface area (Å²) in [5.41, 5.74) is 16.5. The van der Waals surface area contributed by atoms with E-state index in [1.54, 1.807) is 134 Å². The van der Waals surface area contributed by atoms with Crippen molar-refractivity contribution < 1.29 is 23.6 Å². The van der Waals surface area contributed by atoms with Gasteiger partial charge < -0.3 is 21.3 Å². The molecule has 8 aromatic carbocycles. The highest BCUT2D eigenvalue weighted by molar-refractivity contribution is 6.37. The lowest BCUT2D eigenvalue weighted by Crippen LogP contribution is -2.13. The molecule has 0 saturated heterocycles. The molecule has 536 valence electrons. The van der Waals surface area contributed by atoms with Crippen molar-refractivity contribution in [3.63, 3.8) is 0 Å². The maximum absolute atomic E-state index is 13.3. The van der Waals surface area contributed by atoms with Gasteiger partial charge in [0.15, 0.2) is 5.82 Å². The largest absolute Gasteiger partial charge is 0.322 e. The number of halogens is 6. The Kier molecular flexibility index (Phi) is 22.2. The van der Waals surface area contributed by atoms with Gasteiger partial charge in [-0.15, -0.1) is 0 Å². The number of hydrogen-bond acceptors (Lipinski definition) is 12. The van der Waals surface area contributed by atoms with Gasteiger partial charge in [-0.2, -0.15) is 0 Å². The Labute approximate surface area is 642 Å². The smallest absolute Gasteiger partial charge is 0.257 e. The summed E-state index contributed by atoms with van der Waals surface area (Å²) in [7, 11) is 0. The van der Waals surface area contributed by atoms with E-state index in [4.69, 9.17) is 58.0 Å². The van der Waals surface area contributed by atoms with Crippen LogP contribution in [0.4, 0.5) is 27.1 Å². The molecule has 8 heterocycles. The molecule has 0 atom stereocenters. The molecule has 0 saturated carbocycles. The van der Waals surface area contributed by atoms with E-state index in [2.05, 4.69) is 61.1 Å². The van der Waals surface area contributed by atoms with Crippen LogP contribution in [0.25, 0.3) is 68.1 Å². The number of carbonyl (C=O) groups is 4. The number of nitrogens with zero attached hydrogens (tertiary/aromatic N) is 12. The summed E-state index contributed by atoms with van der Waals surface area (Å²) in [4.78, 5) is 85.2. The first-order valence-electron chi connectivity index (χ1n) is 33.4. The fraction of sp³-hybridized carbons (Fsp3) is 0.0732. The number of carbonyl (C=O) groups excluding carboxylic acids is 4. The zero-order valence-electron chi connectivity index (χ0n) is 58.4. The van der Waals surface area contributed by atoms with Crippen molar-refractivity contribution in [1.29, 1.82) is 0 Å². The van der Waals surface area contributed by atoms with E-state index in [1.165, 1.54) is 10.6 Å². The lowest BCUT2D eigenvalue weighted by atomic mass is 10.1. The number of anilines is 4.